The normalized spacial score (nSPS) is 12.4. The Kier molecular flexibility index (Phi) is 6.37. The van der Waals surface area contributed by atoms with Gasteiger partial charge in [0.2, 0.25) is 0 Å². The van der Waals surface area contributed by atoms with E-state index in [2.05, 4.69) is 0 Å². The van der Waals surface area contributed by atoms with Crippen molar-refractivity contribution < 1.29 is 30.2 Å². The van der Waals surface area contributed by atoms with Crippen molar-refractivity contribution in [3.63, 3.8) is 0 Å². The van der Waals surface area contributed by atoms with Crippen molar-refractivity contribution >= 4 is 5.97 Å². The number of carbonyl (C=O) groups is 1. The van der Waals surface area contributed by atoms with Gasteiger partial charge in [-0.25, -0.2) is 0 Å². The molecule has 0 aromatic heterocycles. The smallest absolute Gasteiger partial charge is 1.00 e. The largest absolute Gasteiger partial charge is 1.00 e. The number of aliphatic carboxylic acids is 1. The van der Waals surface area contributed by atoms with Crippen molar-refractivity contribution in [2.24, 2.45) is 11.7 Å². The van der Waals surface area contributed by atoms with Gasteiger partial charge in [-0.2, -0.15) is 0 Å². The summed E-state index contributed by atoms with van der Waals surface area (Å²) < 4.78 is 0. The van der Waals surface area contributed by atoms with E-state index in [1.165, 1.54) is 0 Å². The molecule has 0 bridgehead atoms. The molecule has 0 aromatic rings. The molecule has 3 nitrogen and oxygen atoms in total. The molecule has 0 rings (SSSR count). The molecular weight excluding hydrogens is 113 g/mol. The number of carboxylic acid groups (broad SMARTS) is 1. The van der Waals surface area contributed by atoms with E-state index in [1.54, 1.807) is 13.8 Å². The van der Waals surface area contributed by atoms with Gasteiger partial charge in [0.25, 0.3) is 0 Å². The summed E-state index contributed by atoms with van der Waals surface area (Å²) in [6.45, 7) is 3.55. The van der Waals surface area contributed by atoms with Crippen LogP contribution < -0.4 is 24.6 Å². The van der Waals surface area contributed by atoms with Gasteiger partial charge in [0.05, 0.1) is 0 Å². The summed E-state index contributed by atoms with van der Waals surface area (Å²) in [7, 11) is 0. The molecule has 0 spiro atoms. The van der Waals surface area contributed by atoms with Gasteiger partial charge in [0, 0.05) is 0 Å². The van der Waals surface area contributed by atoms with Crippen LogP contribution in [0.5, 0.6) is 0 Å². The van der Waals surface area contributed by atoms with Gasteiger partial charge in [-0.3, -0.25) is 4.79 Å². The minimum atomic E-state index is -0.931. The Bertz CT molecular complexity index is 99.6. The van der Waals surface area contributed by atoms with Gasteiger partial charge in [0.15, 0.2) is 0 Å². The van der Waals surface area contributed by atoms with E-state index >= 15 is 0 Å². The van der Waals surface area contributed by atoms with Crippen molar-refractivity contribution in [1.82, 2.24) is 0 Å². The molecule has 0 aliphatic rings. The fraction of sp³-hybridized carbons (Fsp3) is 0.800. The zero-order chi connectivity index (χ0) is 6.73. The van der Waals surface area contributed by atoms with Crippen LogP contribution in [0.3, 0.4) is 0 Å². The summed E-state index contributed by atoms with van der Waals surface area (Å²) >= 11 is 0. The standard InChI is InChI=1S/C5H11NO2.Li.H/c1-3(2)4(6)5(7)8;;/h3-4H,6H2,1-2H3,(H,7,8);;/q;+1;-1. The molecule has 1 atom stereocenters. The summed E-state index contributed by atoms with van der Waals surface area (Å²) in [6.07, 6.45) is 0. The van der Waals surface area contributed by atoms with Crippen LogP contribution in [-0.2, 0) is 4.79 Å². The number of carboxylic acids is 1. The van der Waals surface area contributed by atoms with Crippen molar-refractivity contribution in [3.05, 3.63) is 0 Å². The van der Waals surface area contributed by atoms with E-state index in [1.807, 2.05) is 0 Å². The molecule has 0 saturated carbocycles. The zero-order valence-corrected chi connectivity index (χ0v) is 6.09. The first-order valence-corrected chi connectivity index (χ1v) is 2.54. The van der Waals surface area contributed by atoms with Crippen LogP contribution in [0.2, 0.25) is 0 Å². The molecule has 1 unspecified atom stereocenters. The van der Waals surface area contributed by atoms with Crippen LogP contribution in [0.15, 0.2) is 0 Å². The Hall–Kier alpha value is 0.0274. The third kappa shape index (κ3) is 4.53. The predicted molar refractivity (Wildman–Crippen MR) is 31.6 cm³/mol. The fourth-order valence-electron chi connectivity index (χ4n) is 0.285. The molecule has 4 heteroatoms. The molecule has 0 heterocycles. The Labute approximate surface area is 68.3 Å². The summed E-state index contributed by atoms with van der Waals surface area (Å²) in [6, 6.07) is -0.713. The number of hydrogen-bond donors (Lipinski definition) is 2. The average Bonchev–Trinajstić information content (AvgIpc) is 1.64. The zero-order valence-electron chi connectivity index (χ0n) is 7.09. The second-order valence-electron chi connectivity index (χ2n) is 2.11. The van der Waals surface area contributed by atoms with Crippen LogP contribution in [0.1, 0.15) is 15.3 Å². The van der Waals surface area contributed by atoms with E-state index in [4.69, 9.17) is 10.8 Å². The van der Waals surface area contributed by atoms with E-state index in [9.17, 15) is 4.79 Å². The molecule has 9 heavy (non-hydrogen) atoms. The topological polar surface area (TPSA) is 63.3 Å². The van der Waals surface area contributed by atoms with Gasteiger partial charge >= 0.3 is 24.8 Å². The van der Waals surface area contributed by atoms with Crippen LogP contribution in [0.4, 0.5) is 0 Å². The molecule has 0 aliphatic heterocycles. The van der Waals surface area contributed by atoms with Crippen molar-refractivity contribution in [3.8, 4) is 0 Å². The monoisotopic (exact) mass is 125 g/mol. The first-order valence-electron chi connectivity index (χ1n) is 2.54. The maximum absolute atomic E-state index is 10.0. The molecule has 0 fully saturated rings. The maximum atomic E-state index is 10.0. The van der Waals surface area contributed by atoms with Crippen LogP contribution in [0.25, 0.3) is 0 Å². The molecule has 0 saturated heterocycles. The van der Waals surface area contributed by atoms with Crippen LogP contribution in [-0.4, -0.2) is 17.1 Å². The predicted octanol–water partition coefficient (Wildman–Crippen LogP) is -2.83. The second-order valence-corrected chi connectivity index (χ2v) is 2.11. The van der Waals surface area contributed by atoms with E-state index in [-0.39, 0.29) is 26.2 Å². The first kappa shape index (κ1) is 11.8. The minimum absolute atomic E-state index is 0. The van der Waals surface area contributed by atoms with Gasteiger partial charge in [0.1, 0.15) is 6.04 Å². The molecule has 0 amide bonds. The van der Waals surface area contributed by atoms with E-state index in [0.717, 1.165) is 0 Å². The molecule has 3 N–H and O–H groups in total. The Morgan fingerprint density at radius 2 is 2.00 bits per heavy atom. The molecule has 0 aliphatic carbocycles. The summed E-state index contributed by atoms with van der Waals surface area (Å²) in [5.74, 6) is -0.910. The van der Waals surface area contributed by atoms with Crippen molar-refractivity contribution in [1.29, 1.82) is 0 Å². The SMILES string of the molecule is CC(C)C(N)C(=O)O.[H-].[Li+]. The molecule has 0 radical (unpaired) electrons. The third-order valence-electron chi connectivity index (χ3n) is 1.00. The van der Waals surface area contributed by atoms with Gasteiger partial charge in [-0.1, -0.05) is 13.8 Å². The van der Waals surface area contributed by atoms with Crippen LogP contribution >= 0.6 is 0 Å². The van der Waals surface area contributed by atoms with E-state index < -0.39 is 12.0 Å². The summed E-state index contributed by atoms with van der Waals surface area (Å²) in [5, 5.41) is 8.23. The fourth-order valence-corrected chi connectivity index (χ4v) is 0.285. The van der Waals surface area contributed by atoms with Crippen molar-refractivity contribution in [2.45, 2.75) is 19.9 Å². The molecular formula is C5H12LiNO2. The third-order valence-corrected chi connectivity index (χ3v) is 1.00. The van der Waals surface area contributed by atoms with Gasteiger partial charge in [-0.05, 0) is 5.92 Å². The van der Waals surface area contributed by atoms with Crippen LogP contribution in [0, 0.1) is 5.92 Å². The Morgan fingerprint density at radius 3 is 2.00 bits per heavy atom. The first-order chi connectivity index (χ1) is 3.55. The van der Waals surface area contributed by atoms with E-state index in [0.29, 0.717) is 0 Å². The average molecular weight is 125 g/mol. The number of rotatable bonds is 2. The van der Waals surface area contributed by atoms with Gasteiger partial charge in [-0.15, -0.1) is 0 Å². The number of hydrogen-bond acceptors (Lipinski definition) is 2. The number of nitrogens with two attached hydrogens (primary N) is 1. The molecule has 0 aromatic carbocycles. The summed E-state index contributed by atoms with van der Waals surface area (Å²) in [4.78, 5) is 10.0. The maximum Gasteiger partial charge on any atom is 1.00 e. The van der Waals surface area contributed by atoms with Gasteiger partial charge < -0.3 is 12.3 Å². The Balaban J connectivity index is -0.000000245. The minimum Gasteiger partial charge on any atom is -1.00 e. The van der Waals surface area contributed by atoms with Crippen molar-refractivity contribution in [2.75, 3.05) is 0 Å². The summed E-state index contributed by atoms with van der Waals surface area (Å²) in [5.41, 5.74) is 5.16. The molecule has 50 valence electrons. The Morgan fingerprint density at radius 1 is 1.67 bits per heavy atom. The second kappa shape index (κ2) is 4.86. The quantitative estimate of drug-likeness (QED) is 0.391.